The minimum atomic E-state index is -0.830. The quantitative estimate of drug-likeness (QED) is 0.463. The van der Waals surface area contributed by atoms with Gasteiger partial charge in [-0.2, -0.15) is 0 Å². The van der Waals surface area contributed by atoms with Crippen molar-refractivity contribution in [3.8, 4) is 0 Å². The number of hydrogen-bond donors (Lipinski definition) is 1. The second kappa shape index (κ2) is 9.77. The van der Waals surface area contributed by atoms with Crippen molar-refractivity contribution in [3.63, 3.8) is 0 Å². The summed E-state index contributed by atoms with van der Waals surface area (Å²) in [5.74, 6) is -1.28. The number of carbonyl (C=O) groups is 2. The molecule has 0 saturated carbocycles. The number of nitrogens with two attached hydrogens (primary N) is 1. The van der Waals surface area contributed by atoms with E-state index in [-0.39, 0.29) is 29.4 Å². The Hall–Kier alpha value is -3.47. The molecule has 0 amide bonds. The van der Waals surface area contributed by atoms with E-state index >= 15 is 0 Å². The van der Waals surface area contributed by atoms with Crippen LogP contribution in [0.4, 0.5) is 11.6 Å². The van der Waals surface area contributed by atoms with Crippen molar-refractivity contribution < 1.29 is 19.1 Å². The van der Waals surface area contributed by atoms with E-state index in [0.29, 0.717) is 32.1 Å². The average molecular weight is 445 g/mol. The van der Waals surface area contributed by atoms with Crippen LogP contribution >= 0.6 is 0 Å². The molecule has 0 aromatic carbocycles. The normalized spacial score (nSPS) is 13.9. The second-order valence-corrected chi connectivity index (χ2v) is 7.88. The van der Waals surface area contributed by atoms with Crippen molar-refractivity contribution in [2.45, 2.75) is 20.4 Å². The molecule has 0 unspecified atom stereocenters. The van der Waals surface area contributed by atoms with Crippen LogP contribution in [0.5, 0.6) is 0 Å². The fourth-order valence-corrected chi connectivity index (χ4v) is 3.45. The number of pyridine rings is 1. The van der Waals surface area contributed by atoms with Crippen molar-refractivity contribution in [1.29, 1.82) is 0 Å². The zero-order valence-corrected chi connectivity index (χ0v) is 18.4. The molecule has 0 spiro atoms. The fraction of sp³-hybridized carbons (Fsp3) is 0.476. The molecule has 3 rings (SSSR count). The van der Waals surface area contributed by atoms with Gasteiger partial charge in [0.05, 0.1) is 13.2 Å². The molecule has 0 bridgehead atoms. The van der Waals surface area contributed by atoms with Gasteiger partial charge < -0.3 is 20.1 Å². The van der Waals surface area contributed by atoms with Crippen LogP contribution in [0.15, 0.2) is 27.9 Å². The molecule has 2 aromatic heterocycles. The summed E-state index contributed by atoms with van der Waals surface area (Å²) in [7, 11) is 1.27. The lowest BCUT2D eigenvalue weighted by atomic mass is 10.1. The maximum absolute atomic E-state index is 12.8. The minimum Gasteiger partial charge on any atom is -0.454 e. The van der Waals surface area contributed by atoms with Gasteiger partial charge in [-0.3, -0.25) is 18.7 Å². The molecule has 1 aliphatic heterocycles. The van der Waals surface area contributed by atoms with Crippen LogP contribution in [0.1, 0.15) is 34.6 Å². The van der Waals surface area contributed by atoms with E-state index in [1.165, 1.54) is 11.6 Å². The van der Waals surface area contributed by atoms with Crippen molar-refractivity contribution >= 4 is 23.4 Å². The molecule has 3 heterocycles. The number of rotatable bonds is 7. The zero-order chi connectivity index (χ0) is 23.4. The molecule has 0 atom stereocenters. The summed E-state index contributed by atoms with van der Waals surface area (Å²) >= 11 is 0. The van der Waals surface area contributed by atoms with E-state index in [9.17, 15) is 19.2 Å². The number of anilines is 2. The summed E-state index contributed by atoms with van der Waals surface area (Å²) in [5, 5.41) is 0. The maximum atomic E-state index is 12.8. The number of aromatic nitrogens is 3. The van der Waals surface area contributed by atoms with Gasteiger partial charge in [0.2, 0.25) is 5.78 Å². The molecule has 172 valence electrons. The van der Waals surface area contributed by atoms with Gasteiger partial charge in [0.1, 0.15) is 22.8 Å². The fourth-order valence-electron chi connectivity index (χ4n) is 3.45. The highest BCUT2D eigenvalue weighted by atomic mass is 16.5. The molecule has 1 saturated heterocycles. The molecule has 2 aromatic rings. The number of esters is 1. The number of ether oxygens (including phenoxy) is 2. The standard InChI is InChI=1S/C21H27N5O6/c1-13(2)11-26-17(22)16(19(28)24(3)21(26)30)15(27)12-32-20(29)14-5-4-6-23-18(14)25-7-9-31-10-8-25/h4-6,13H,7-12,22H2,1-3H3. The Balaban J connectivity index is 1.83. The topological polar surface area (TPSA) is 139 Å². The minimum absolute atomic E-state index is 0.0532. The SMILES string of the molecule is CC(C)Cn1c(N)c(C(=O)COC(=O)c2cccnc2N2CCOCC2)c(=O)n(C)c1=O. The smallest absolute Gasteiger partial charge is 0.342 e. The third-order valence-corrected chi connectivity index (χ3v) is 5.06. The highest BCUT2D eigenvalue weighted by molar-refractivity contribution is 6.03. The number of morpholine rings is 1. The molecular formula is C21H27N5O6. The number of Topliss-reactive ketones (excluding diaryl/α,β-unsaturated/α-hetero) is 1. The van der Waals surface area contributed by atoms with Crippen LogP contribution in [-0.2, 0) is 23.1 Å². The average Bonchev–Trinajstić information content (AvgIpc) is 2.79. The number of nitrogens with zero attached hydrogens (tertiary/aromatic N) is 4. The van der Waals surface area contributed by atoms with Gasteiger partial charge in [-0.1, -0.05) is 13.8 Å². The van der Waals surface area contributed by atoms with Gasteiger partial charge in [-0.25, -0.2) is 14.6 Å². The first-order valence-electron chi connectivity index (χ1n) is 10.3. The summed E-state index contributed by atoms with van der Waals surface area (Å²) in [6, 6.07) is 3.15. The zero-order valence-electron chi connectivity index (χ0n) is 18.4. The van der Waals surface area contributed by atoms with Crippen molar-refractivity contribution in [2.75, 3.05) is 43.5 Å². The summed E-state index contributed by atoms with van der Waals surface area (Å²) in [4.78, 5) is 56.6. The molecule has 0 radical (unpaired) electrons. The lowest BCUT2D eigenvalue weighted by Crippen LogP contribution is -2.43. The van der Waals surface area contributed by atoms with Crippen molar-refractivity contribution in [1.82, 2.24) is 14.1 Å². The van der Waals surface area contributed by atoms with Gasteiger partial charge in [-0.05, 0) is 18.1 Å². The molecule has 1 aliphatic rings. The van der Waals surface area contributed by atoms with Crippen LogP contribution in [0, 0.1) is 5.92 Å². The Morgan fingerprint density at radius 2 is 1.94 bits per heavy atom. The maximum Gasteiger partial charge on any atom is 0.342 e. The Kier molecular flexibility index (Phi) is 7.08. The van der Waals surface area contributed by atoms with Gasteiger partial charge in [0, 0.05) is 32.9 Å². The lowest BCUT2D eigenvalue weighted by Gasteiger charge is -2.28. The monoisotopic (exact) mass is 445 g/mol. The van der Waals surface area contributed by atoms with E-state index < -0.39 is 29.6 Å². The summed E-state index contributed by atoms with van der Waals surface area (Å²) in [5.41, 5.74) is 4.39. The van der Waals surface area contributed by atoms with Crippen LogP contribution in [-0.4, -0.2) is 58.8 Å². The first-order valence-corrected chi connectivity index (χ1v) is 10.3. The predicted molar refractivity (Wildman–Crippen MR) is 117 cm³/mol. The number of ketones is 1. The van der Waals surface area contributed by atoms with E-state index in [2.05, 4.69) is 4.98 Å². The van der Waals surface area contributed by atoms with Gasteiger partial charge in [0.15, 0.2) is 6.61 Å². The molecule has 2 N–H and O–H groups in total. The Labute approximate surface area is 184 Å². The van der Waals surface area contributed by atoms with E-state index in [1.807, 2.05) is 18.7 Å². The predicted octanol–water partition coefficient (Wildman–Crippen LogP) is 0.0565. The molecular weight excluding hydrogens is 418 g/mol. The highest BCUT2D eigenvalue weighted by Gasteiger charge is 2.25. The summed E-state index contributed by atoms with van der Waals surface area (Å²) in [6.45, 7) is 5.45. The first kappa shape index (κ1) is 23.2. The van der Waals surface area contributed by atoms with E-state index in [1.54, 1.807) is 18.3 Å². The largest absolute Gasteiger partial charge is 0.454 e. The molecule has 32 heavy (non-hydrogen) atoms. The van der Waals surface area contributed by atoms with Gasteiger partial charge in [-0.15, -0.1) is 0 Å². The molecule has 11 heteroatoms. The molecule has 11 nitrogen and oxygen atoms in total. The molecule has 0 aliphatic carbocycles. The van der Waals surface area contributed by atoms with Crippen molar-refractivity contribution in [2.24, 2.45) is 13.0 Å². The summed E-state index contributed by atoms with van der Waals surface area (Å²) < 4.78 is 12.5. The first-order chi connectivity index (χ1) is 15.2. The molecule has 1 fully saturated rings. The Bertz CT molecular complexity index is 1130. The highest BCUT2D eigenvalue weighted by Crippen LogP contribution is 2.19. The third kappa shape index (κ3) is 4.72. The number of nitrogen functional groups attached to an aromatic ring is 1. The number of carbonyl (C=O) groups excluding carboxylic acids is 2. The Morgan fingerprint density at radius 1 is 1.25 bits per heavy atom. The van der Waals surface area contributed by atoms with Gasteiger partial charge >= 0.3 is 11.7 Å². The van der Waals surface area contributed by atoms with Crippen LogP contribution in [0.3, 0.4) is 0 Å². The van der Waals surface area contributed by atoms with Crippen LogP contribution in [0.2, 0.25) is 0 Å². The Morgan fingerprint density at radius 3 is 2.59 bits per heavy atom. The van der Waals surface area contributed by atoms with E-state index in [4.69, 9.17) is 15.2 Å². The van der Waals surface area contributed by atoms with Gasteiger partial charge in [0.25, 0.3) is 5.56 Å². The van der Waals surface area contributed by atoms with Crippen LogP contribution < -0.4 is 21.9 Å². The van der Waals surface area contributed by atoms with E-state index in [0.717, 1.165) is 4.57 Å². The van der Waals surface area contributed by atoms with Crippen LogP contribution in [0.25, 0.3) is 0 Å². The second-order valence-electron chi connectivity index (χ2n) is 7.88. The lowest BCUT2D eigenvalue weighted by molar-refractivity contribution is 0.0473. The summed E-state index contributed by atoms with van der Waals surface area (Å²) in [6.07, 6.45) is 1.56. The van der Waals surface area contributed by atoms with Crippen molar-refractivity contribution in [3.05, 3.63) is 50.3 Å². The number of hydrogen-bond acceptors (Lipinski definition) is 9. The third-order valence-electron chi connectivity index (χ3n) is 5.06.